The molecule has 3 aromatic rings. The number of phenolic OH excluding ortho intramolecular Hbond substituents is 1. The van der Waals surface area contributed by atoms with Gasteiger partial charge in [0.25, 0.3) is 5.91 Å². The Morgan fingerprint density at radius 1 is 1.08 bits per heavy atom. The third-order valence-corrected chi connectivity index (χ3v) is 6.94. The Labute approximate surface area is 168 Å². The lowest BCUT2D eigenvalue weighted by atomic mass is 9.89. The summed E-state index contributed by atoms with van der Waals surface area (Å²) in [5, 5.41) is 10.4. The summed E-state index contributed by atoms with van der Waals surface area (Å²) in [6.45, 7) is 1.49. The van der Waals surface area contributed by atoms with E-state index in [9.17, 15) is 9.90 Å². The number of piperidine rings is 1. The van der Waals surface area contributed by atoms with Crippen molar-refractivity contribution in [2.24, 2.45) is 0 Å². The van der Waals surface area contributed by atoms with Gasteiger partial charge in [-0.15, -0.1) is 0 Å². The van der Waals surface area contributed by atoms with E-state index in [1.165, 1.54) is 5.56 Å². The Hall–Kier alpha value is -1.79. The number of aromatic hydroxyl groups is 1. The maximum absolute atomic E-state index is 13.0. The predicted octanol–water partition coefficient (Wildman–Crippen LogP) is 5.42. The zero-order valence-corrected chi connectivity index (χ0v) is 17.2. The van der Waals surface area contributed by atoms with Crippen molar-refractivity contribution >= 4 is 48.7 Å². The lowest BCUT2D eigenvalue weighted by molar-refractivity contribution is 0.0715. The van der Waals surface area contributed by atoms with Gasteiger partial charge in [0, 0.05) is 39.1 Å². The van der Waals surface area contributed by atoms with Gasteiger partial charge in [-0.25, -0.2) is 0 Å². The van der Waals surface area contributed by atoms with Crippen molar-refractivity contribution in [3.63, 3.8) is 0 Å². The number of aromatic amines is 1. The van der Waals surface area contributed by atoms with Gasteiger partial charge < -0.3 is 15.0 Å². The lowest BCUT2D eigenvalue weighted by Crippen LogP contribution is -2.37. The van der Waals surface area contributed by atoms with Crippen LogP contribution in [0.4, 0.5) is 0 Å². The minimum absolute atomic E-state index is 0.0784. The number of hydrogen-bond acceptors (Lipinski definition) is 2. The van der Waals surface area contributed by atoms with Crippen molar-refractivity contribution in [2.45, 2.75) is 18.8 Å². The van der Waals surface area contributed by atoms with Crippen molar-refractivity contribution in [3.8, 4) is 5.75 Å². The van der Waals surface area contributed by atoms with Crippen molar-refractivity contribution in [1.82, 2.24) is 9.88 Å². The number of aromatic nitrogens is 1. The highest BCUT2D eigenvalue weighted by molar-refractivity contribution is 9.13. The molecule has 1 amide bonds. The van der Waals surface area contributed by atoms with E-state index in [-0.39, 0.29) is 5.91 Å². The molecule has 0 bridgehead atoms. The normalized spacial score (nSPS) is 15.5. The number of rotatable bonds is 2. The molecule has 0 unspecified atom stereocenters. The molecular weight excluding hydrogens is 460 g/mol. The van der Waals surface area contributed by atoms with E-state index in [1.807, 2.05) is 29.2 Å². The van der Waals surface area contributed by atoms with Crippen LogP contribution in [0.5, 0.6) is 5.75 Å². The maximum atomic E-state index is 13.0. The van der Waals surface area contributed by atoms with E-state index < -0.39 is 0 Å². The third kappa shape index (κ3) is 3.28. The Balaban J connectivity index is 1.50. The molecule has 1 aromatic heterocycles. The summed E-state index contributed by atoms with van der Waals surface area (Å²) in [4.78, 5) is 18.1. The first kappa shape index (κ1) is 17.6. The minimum Gasteiger partial charge on any atom is -0.508 e. The molecule has 6 heteroatoms. The first-order valence-electron chi connectivity index (χ1n) is 8.57. The molecule has 1 aliphatic heterocycles. The van der Waals surface area contributed by atoms with Crippen LogP contribution in [0.15, 0.2) is 51.5 Å². The molecule has 0 aliphatic carbocycles. The van der Waals surface area contributed by atoms with Gasteiger partial charge in [0.05, 0.1) is 5.56 Å². The number of nitrogens with zero attached hydrogens (tertiary/aromatic N) is 1. The van der Waals surface area contributed by atoms with Crippen molar-refractivity contribution in [2.75, 3.05) is 13.1 Å². The number of phenols is 1. The van der Waals surface area contributed by atoms with Crippen LogP contribution >= 0.6 is 31.9 Å². The Kier molecular flexibility index (Phi) is 4.80. The second-order valence-electron chi connectivity index (χ2n) is 6.67. The molecule has 4 nitrogen and oxygen atoms in total. The summed E-state index contributed by atoms with van der Waals surface area (Å²) < 4.78 is 1.89. The van der Waals surface area contributed by atoms with Crippen LogP contribution in [0.2, 0.25) is 0 Å². The predicted molar refractivity (Wildman–Crippen MR) is 110 cm³/mol. The third-order valence-electron chi connectivity index (χ3n) is 5.10. The number of benzene rings is 2. The number of carbonyl (C=O) groups is 1. The molecular formula is C20H18Br2N2O2. The first-order valence-corrected chi connectivity index (χ1v) is 10.2. The van der Waals surface area contributed by atoms with E-state index >= 15 is 0 Å². The molecule has 2 heterocycles. The second-order valence-corrected chi connectivity index (χ2v) is 8.38. The largest absolute Gasteiger partial charge is 0.508 e. The summed E-state index contributed by atoms with van der Waals surface area (Å²) >= 11 is 7.01. The van der Waals surface area contributed by atoms with Gasteiger partial charge in [-0.1, -0.05) is 12.1 Å². The zero-order chi connectivity index (χ0) is 18.3. The highest BCUT2D eigenvalue weighted by atomic mass is 79.9. The summed E-state index contributed by atoms with van der Waals surface area (Å²) in [5.41, 5.74) is 2.90. The Morgan fingerprint density at radius 3 is 2.42 bits per heavy atom. The van der Waals surface area contributed by atoms with Gasteiger partial charge in [0.15, 0.2) is 0 Å². The fourth-order valence-electron chi connectivity index (χ4n) is 3.63. The minimum atomic E-state index is 0.0784. The SMILES string of the molecule is O=C(c1c[nH]c2cc(Br)c(Br)cc12)N1CCC(c2ccc(O)cc2)CC1. The molecule has 1 saturated heterocycles. The molecule has 1 aliphatic rings. The molecule has 0 radical (unpaired) electrons. The number of amides is 1. The molecule has 0 spiro atoms. The average molecular weight is 478 g/mol. The number of carbonyl (C=O) groups excluding carboxylic acids is 1. The molecule has 2 aromatic carbocycles. The standard InChI is InChI=1S/C20H18Br2N2O2/c21-17-9-15-16(11-23-19(15)10-18(17)22)20(26)24-7-5-13(6-8-24)12-1-3-14(25)4-2-12/h1-4,9-11,13,23,25H,5-8H2. The van der Waals surface area contributed by atoms with Crippen LogP contribution in [-0.2, 0) is 0 Å². The Bertz CT molecular complexity index is 958. The molecule has 1 fully saturated rings. The van der Waals surface area contributed by atoms with Crippen LogP contribution < -0.4 is 0 Å². The first-order chi connectivity index (χ1) is 12.5. The number of likely N-dealkylation sites (tertiary alicyclic amines) is 1. The summed E-state index contributed by atoms with van der Waals surface area (Å²) in [5.74, 6) is 0.806. The topological polar surface area (TPSA) is 56.3 Å². The quantitative estimate of drug-likeness (QED) is 0.517. The highest BCUT2D eigenvalue weighted by Crippen LogP contribution is 2.33. The van der Waals surface area contributed by atoms with E-state index in [0.29, 0.717) is 11.7 Å². The van der Waals surface area contributed by atoms with E-state index in [1.54, 1.807) is 18.3 Å². The van der Waals surface area contributed by atoms with Gasteiger partial charge in [-0.05, 0) is 80.4 Å². The van der Waals surface area contributed by atoms with Gasteiger partial charge in [0.1, 0.15) is 5.75 Å². The number of fused-ring (bicyclic) bond motifs is 1. The summed E-state index contributed by atoms with van der Waals surface area (Å²) in [6, 6.07) is 11.4. The van der Waals surface area contributed by atoms with Crippen LogP contribution in [0.1, 0.15) is 34.7 Å². The van der Waals surface area contributed by atoms with Crippen LogP contribution in [-0.4, -0.2) is 34.0 Å². The molecule has 2 N–H and O–H groups in total. The van der Waals surface area contributed by atoms with Crippen LogP contribution in [0.25, 0.3) is 10.9 Å². The smallest absolute Gasteiger partial charge is 0.256 e. The van der Waals surface area contributed by atoms with Crippen LogP contribution in [0, 0.1) is 0 Å². The molecule has 26 heavy (non-hydrogen) atoms. The highest BCUT2D eigenvalue weighted by Gasteiger charge is 2.26. The monoisotopic (exact) mass is 476 g/mol. The number of nitrogens with one attached hydrogen (secondary N) is 1. The van der Waals surface area contributed by atoms with Crippen molar-refractivity contribution < 1.29 is 9.90 Å². The summed E-state index contributed by atoms with van der Waals surface area (Å²) in [6.07, 6.45) is 3.68. The number of halogens is 2. The fraction of sp³-hybridized carbons (Fsp3) is 0.250. The fourth-order valence-corrected chi connectivity index (χ4v) is 4.31. The van der Waals surface area contributed by atoms with Gasteiger partial charge in [0.2, 0.25) is 0 Å². The maximum Gasteiger partial charge on any atom is 0.256 e. The molecule has 0 atom stereocenters. The summed E-state index contributed by atoms with van der Waals surface area (Å²) in [7, 11) is 0. The number of hydrogen-bond donors (Lipinski definition) is 2. The van der Waals surface area contributed by atoms with E-state index in [0.717, 1.165) is 51.3 Å². The number of H-pyrrole nitrogens is 1. The van der Waals surface area contributed by atoms with Crippen molar-refractivity contribution in [3.05, 3.63) is 62.7 Å². The van der Waals surface area contributed by atoms with Crippen LogP contribution in [0.3, 0.4) is 0 Å². The lowest BCUT2D eigenvalue weighted by Gasteiger charge is -2.32. The molecule has 134 valence electrons. The van der Waals surface area contributed by atoms with E-state index in [2.05, 4.69) is 36.8 Å². The Morgan fingerprint density at radius 2 is 1.73 bits per heavy atom. The van der Waals surface area contributed by atoms with Gasteiger partial charge in [-0.2, -0.15) is 0 Å². The second kappa shape index (κ2) is 7.08. The zero-order valence-electron chi connectivity index (χ0n) is 14.0. The average Bonchev–Trinajstić information content (AvgIpc) is 3.05. The molecule has 0 saturated carbocycles. The van der Waals surface area contributed by atoms with Gasteiger partial charge >= 0.3 is 0 Å². The molecule has 4 rings (SSSR count). The van der Waals surface area contributed by atoms with Gasteiger partial charge in [-0.3, -0.25) is 4.79 Å². The van der Waals surface area contributed by atoms with Crippen molar-refractivity contribution in [1.29, 1.82) is 0 Å². The van der Waals surface area contributed by atoms with E-state index in [4.69, 9.17) is 0 Å².